The number of nitrogens with one attached hydrogen (secondary N) is 1. The summed E-state index contributed by atoms with van der Waals surface area (Å²) in [5.74, 6) is 0.580. The van der Waals surface area contributed by atoms with Crippen molar-refractivity contribution in [3.05, 3.63) is 46.6 Å². The Morgan fingerprint density at radius 2 is 2.25 bits per heavy atom. The molecule has 1 aliphatic heterocycles. The van der Waals surface area contributed by atoms with E-state index in [0.717, 1.165) is 34.1 Å². The first-order valence-corrected chi connectivity index (χ1v) is 8.55. The van der Waals surface area contributed by atoms with E-state index in [-0.39, 0.29) is 5.91 Å². The second-order valence-corrected chi connectivity index (χ2v) is 6.60. The maximum Gasteiger partial charge on any atom is 0.277 e. The van der Waals surface area contributed by atoms with Gasteiger partial charge in [-0.2, -0.15) is 5.10 Å². The number of carbonyl (C=O) groups excluding carboxylic acids is 1. The molecule has 0 aliphatic carbocycles. The number of amides is 1. The zero-order valence-corrected chi connectivity index (χ0v) is 14.2. The molecule has 122 valence electrons. The molecule has 0 unspecified atom stereocenters. The van der Waals surface area contributed by atoms with Gasteiger partial charge in [-0.1, -0.05) is 23.5 Å². The lowest BCUT2D eigenvalue weighted by Crippen LogP contribution is -2.13. The van der Waals surface area contributed by atoms with E-state index in [9.17, 15) is 4.79 Å². The molecule has 3 aromatic rings. The number of carbonyl (C=O) groups is 1. The maximum absolute atomic E-state index is 12.4. The molecule has 0 spiro atoms. The molecule has 1 amide bonds. The fourth-order valence-electron chi connectivity index (χ4n) is 2.75. The predicted octanol–water partition coefficient (Wildman–Crippen LogP) is 3.48. The summed E-state index contributed by atoms with van der Waals surface area (Å²) in [6, 6.07) is 9.58. The fourth-order valence-corrected chi connectivity index (χ4v) is 3.63. The summed E-state index contributed by atoms with van der Waals surface area (Å²) >= 11 is 1.44. The van der Waals surface area contributed by atoms with Gasteiger partial charge in [-0.25, -0.2) is 4.98 Å². The number of aryl methyl sites for hydroxylation is 2. The molecule has 24 heavy (non-hydrogen) atoms. The maximum atomic E-state index is 12.4. The molecule has 2 aromatic heterocycles. The number of fused-ring (bicyclic) bond motifs is 3. The van der Waals surface area contributed by atoms with Gasteiger partial charge in [-0.15, -0.1) is 0 Å². The van der Waals surface area contributed by atoms with Gasteiger partial charge in [-0.05, 0) is 32.0 Å². The number of thiazole rings is 1. The second kappa shape index (κ2) is 5.76. The number of para-hydroxylation sites is 1. The summed E-state index contributed by atoms with van der Waals surface area (Å²) in [7, 11) is 0. The average molecular weight is 340 g/mol. The average Bonchev–Trinajstić information content (AvgIpc) is 3.17. The highest BCUT2D eigenvalue weighted by atomic mass is 32.1. The SMILES string of the molecule is CCn1nc(C(=O)Nc2nc3c(s2)COc2ccccc2-3)cc1C. The number of benzene rings is 1. The third kappa shape index (κ3) is 2.46. The number of nitrogens with zero attached hydrogens (tertiary/aromatic N) is 3. The molecule has 1 aromatic carbocycles. The van der Waals surface area contributed by atoms with Crippen molar-refractivity contribution in [3.63, 3.8) is 0 Å². The second-order valence-electron chi connectivity index (χ2n) is 5.52. The van der Waals surface area contributed by atoms with E-state index in [2.05, 4.69) is 15.4 Å². The van der Waals surface area contributed by atoms with Crippen molar-refractivity contribution >= 4 is 22.4 Å². The number of hydrogen-bond acceptors (Lipinski definition) is 5. The van der Waals surface area contributed by atoms with Crippen LogP contribution < -0.4 is 10.1 Å². The molecule has 0 fully saturated rings. The van der Waals surface area contributed by atoms with Gasteiger partial charge in [0.25, 0.3) is 5.91 Å². The molecule has 0 atom stereocenters. The fraction of sp³-hybridized carbons (Fsp3) is 0.235. The molecule has 1 aliphatic rings. The Morgan fingerprint density at radius 3 is 3.04 bits per heavy atom. The van der Waals surface area contributed by atoms with Gasteiger partial charge in [0.1, 0.15) is 12.4 Å². The molecular formula is C17H16N4O2S. The van der Waals surface area contributed by atoms with Crippen LogP contribution in [0.15, 0.2) is 30.3 Å². The monoisotopic (exact) mass is 340 g/mol. The highest BCUT2D eigenvalue weighted by Gasteiger charge is 2.23. The highest BCUT2D eigenvalue weighted by molar-refractivity contribution is 7.16. The van der Waals surface area contributed by atoms with Crippen molar-refractivity contribution in [2.24, 2.45) is 0 Å². The van der Waals surface area contributed by atoms with Crippen molar-refractivity contribution in [1.29, 1.82) is 0 Å². The molecule has 6 nitrogen and oxygen atoms in total. The Hall–Kier alpha value is -2.67. The van der Waals surface area contributed by atoms with Crippen LogP contribution in [-0.4, -0.2) is 20.7 Å². The topological polar surface area (TPSA) is 69.0 Å². The van der Waals surface area contributed by atoms with Crippen LogP contribution in [0.1, 0.15) is 28.0 Å². The van der Waals surface area contributed by atoms with Crippen LogP contribution in [0.4, 0.5) is 5.13 Å². The standard InChI is InChI=1S/C17H16N4O2S/c1-3-21-10(2)8-12(20-21)16(22)19-17-18-15-11-6-4-5-7-13(11)23-9-14(15)24-17/h4-8H,3,9H2,1-2H3,(H,18,19,22). The number of ether oxygens (including phenoxy) is 1. The van der Waals surface area contributed by atoms with E-state index in [4.69, 9.17) is 4.74 Å². The van der Waals surface area contributed by atoms with Gasteiger partial charge in [-0.3, -0.25) is 14.8 Å². The summed E-state index contributed by atoms with van der Waals surface area (Å²) in [4.78, 5) is 18.0. The molecule has 0 radical (unpaired) electrons. The third-order valence-electron chi connectivity index (χ3n) is 3.93. The Morgan fingerprint density at radius 1 is 1.42 bits per heavy atom. The van der Waals surface area contributed by atoms with Crippen molar-refractivity contribution in [2.45, 2.75) is 27.0 Å². The van der Waals surface area contributed by atoms with Gasteiger partial charge < -0.3 is 4.74 Å². The van der Waals surface area contributed by atoms with Gasteiger partial charge in [0, 0.05) is 17.8 Å². The Bertz CT molecular complexity index is 929. The largest absolute Gasteiger partial charge is 0.487 e. The van der Waals surface area contributed by atoms with Crippen LogP contribution in [0.25, 0.3) is 11.3 Å². The molecule has 4 rings (SSSR count). The zero-order chi connectivity index (χ0) is 16.7. The Kier molecular flexibility index (Phi) is 3.57. The van der Waals surface area contributed by atoms with Crippen LogP contribution >= 0.6 is 11.3 Å². The minimum Gasteiger partial charge on any atom is -0.487 e. The Balaban J connectivity index is 1.61. The van der Waals surface area contributed by atoms with Crippen molar-refractivity contribution in [1.82, 2.24) is 14.8 Å². The van der Waals surface area contributed by atoms with Crippen LogP contribution in [0, 0.1) is 6.92 Å². The summed E-state index contributed by atoms with van der Waals surface area (Å²) in [6.45, 7) is 5.14. The van der Waals surface area contributed by atoms with E-state index in [0.29, 0.717) is 17.4 Å². The summed E-state index contributed by atoms with van der Waals surface area (Å²) in [6.07, 6.45) is 0. The lowest BCUT2D eigenvalue weighted by atomic mass is 10.1. The zero-order valence-electron chi connectivity index (χ0n) is 13.4. The van der Waals surface area contributed by atoms with Crippen LogP contribution in [0.5, 0.6) is 5.75 Å². The van der Waals surface area contributed by atoms with Gasteiger partial charge in [0.15, 0.2) is 10.8 Å². The van der Waals surface area contributed by atoms with E-state index in [1.165, 1.54) is 11.3 Å². The minimum atomic E-state index is -0.245. The van der Waals surface area contributed by atoms with E-state index in [1.54, 1.807) is 10.7 Å². The number of rotatable bonds is 3. The van der Waals surface area contributed by atoms with E-state index >= 15 is 0 Å². The van der Waals surface area contributed by atoms with Crippen molar-refractivity contribution < 1.29 is 9.53 Å². The highest BCUT2D eigenvalue weighted by Crippen LogP contribution is 2.40. The predicted molar refractivity (Wildman–Crippen MR) is 92.5 cm³/mol. The third-order valence-corrected chi connectivity index (χ3v) is 4.88. The molecule has 1 N–H and O–H groups in total. The number of anilines is 1. The van der Waals surface area contributed by atoms with E-state index < -0.39 is 0 Å². The number of hydrogen-bond donors (Lipinski definition) is 1. The molecule has 0 bridgehead atoms. The van der Waals surface area contributed by atoms with Crippen LogP contribution in [0.2, 0.25) is 0 Å². The minimum absolute atomic E-state index is 0.245. The molecule has 3 heterocycles. The van der Waals surface area contributed by atoms with Crippen molar-refractivity contribution in [3.8, 4) is 17.0 Å². The normalized spacial score (nSPS) is 12.2. The quantitative estimate of drug-likeness (QED) is 0.792. The first-order chi connectivity index (χ1) is 11.7. The molecular weight excluding hydrogens is 324 g/mol. The molecule has 0 saturated carbocycles. The first kappa shape index (κ1) is 14.9. The van der Waals surface area contributed by atoms with Crippen molar-refractivity contribution in [2.75, 3.05) is 5.32 Å². The smallest absolute Gasteiger partial charge is 0.277 e. The van der Waals surface area contributed by atoms with Crippen LogP contribution in [0.3, 0.4) is 0 Å². The van der Waals surface area contributed by atoms with Gasteiger partial charge in [0.05, 0.1) is 10.6 Å². The molecule has 0 saturated heterocycles. The Labute approximate surface area is 143 Å². The van der Waals surface area contributed by atoms with Gasteiger partial charge >= 0.3 is 0 Å². The number of aromatic nitrogens is 3. The lowest BCUT2D eigenvalue weighted by molar-refractivity contribution is 0.102. The lowest BCUT2D eigenvalue weighted by Gasteiger charge is -2.15. The van der Waals surface area contributed by atoms with E-state index in [1.807, 2.05) is 38.1 Å². The van der Waals surface area contributed by atoms with Crippen LogP contribution in [-0.2, 0) is 13.2 Å². The first-order valence-electron chi connectivity index (χ1n) is 7.73. The molecule has 7 heteroatoms. The summed E-state index contributed by atoms with van der Waals surface area (Å²) < 4.78 is 7.53. The van der Waals surface area contributed by atoms with Gasteiger partial charge in [0.2, 0.25) is 0 Å². The summed E-state index contributed by atoms with van der Waals surface area (Å²) in [5, 5.41) is 7.71. The summed E-state index contributed by atoms with van der Waals surface area (Å²) in [5.41, 5.74) is 3.21.